The molecule has 1 aliphatic carbocycles. The van der Waals surface area contributed by atoms with Crippen LogP contribution < -0.4 is 5.32 Å². The lowest BCUT2D eigenvalue weighted by atomic mass is 9.87. The molecule has 1 aromatic heterocycles. The van der Waals surface area contributed by atoms with Gasteiger partial charge in [-0.05, 0) is 54.7 Å². The van der Waals surface area contributed by atoms with Crippen LogP contribution in [-0.2, 0) is 17.6 Å². The number of aromatic nitrogens is 2. The number of fused-ring (bicyclic) bond motifs is 1. The number of benzene rings is 2. The van der Waals surface area contributed by atoms with Gasteiger partial charge in [-0.25, -0.2) is 0 Å². The third-order valence-corrected chi connectivity index (χ3v) is 5.09. The summed E-state index contributed by atoms with van der Waals surface area (Å²) in [6.07, 6.45) is 3.89. The summed E-state index contributed by atoms with van der Waals surface area (Å²) in [6.45, 7) is 0. The van der Waals surface area contributed by atoms with Gasteiger partial charge in [-0.3, -0.25) is 4.79 Å². The maximum absolute atomic E-state index is 12.4. The quantitative estimate of drug-likeness (QED) is 0.705. The summed E-state index contributed by atoms with van der Waals surface area (Å²) in [6, 6.07) is 15.7. The second-order valence-corrected chi connectivity index (χ2v) is 7.17. The molecule has 27 heavy (non-hydrogen) atoms. The number of hydrogen-bond acceptors (Lipinski definition) is 4. The highest BCUT2D eigenvalue weighted by molar-refractivity contribution is 6.30. The van der Waals surface area contributed by atoms with Gasteiger partial charge in [0.25, 0.3) is 0 Å². The van der Waals surface area contributed by atoms with Crippen molar-refractivity contribution in [1.29, 1.82) is 0 Å². The zero-order valence-corrected chi connectivity index (χ0v) is 15.6. The van der Waals surface area contributed by atoms with Crippen LogP contribution in [0, 0.1) is 0 Å². The molecular formula is C21H20ClN3O2. The maximum Gasteiger partial charge on any atom is 0.227 e. The molecule has 0 saturated heterocycles. The number of rotatable bonds is 5. The third kappa shape index (κ3) is 4.19. The number of carbonyl (C=O) groups excluding carboxylic acids is 1. The first-order valence-corrected chi connectivity index (χ1v) is 9.52. The lowest BCUT2D eigenvalue weighted by molar-refractivity contribution is -0.122. The Bertz CT molecular complexity index is 937. The fourth-order valence-corrected chi connectivity index (χ4v) is 3.59. The highest BCUT2D eigenvalue weighted by Crippen LogP contribution is 2.29. The monoisotopic (exact) mass is 381 g/mol. The summed E-state index contributed by atoms with van der Waals surface area (Å²) in [5.74, 6) is 0.963. The Morgan fingerprint density at radius 3 is 2.85 bits per heavy atom. The third-order valence-electron chi connectivity index (χ3n) is 4.84. The molecule has 1 amide bonds. The molecule has 0 bridgehead atoms. The molecule has 1 heterocycles. The zero-order chi connectivity index (χ0) is 18.6. The van der Waals surface area contributed by atoms with Crippen molar-refractivity contribution in [2.75, 3.05) is 0 Å². The van der Waals surface area contributed by atoms with Gasteiger partial charge in [0, 0.05) is 23.4 Å². The van der Waals surface area contributed by atoms with Crippen LogP contribution in [0.15, 0.2) is 53.1 Å². The molecule has 1 atom stereocenters. The van der Waals surface area contributed by atoms with E-state index in [4.69, 9.17) is 16.1 Å². The minimum absolute atomic E-state index is 0.00273. The van der Waals surface area contributed by atoms with E-state index >= 15 is 0 Å². The molecule has 3 aromatic rings. The van der Waals surface area contributed by atoms with E-state index in [2.05, 4.69) is 33.7 Å². The number of hydrogen-bond donors (Lipinski definition) is 1. The van der Waals surface area contributed by atoms with Crippen molar-refractivity contribution in [1.82, 2.24) is 15.5 Å². The molecule has 1 N–H and O–H groups in total. The van der Waals surface area contributed by atoms with Gasteiger partial charge in [-0.15, -0.1) is 0 Å². The first-order valence-electron chi connectivity index (χ1n) is 9.15. The van der Waals surface area contributed by atoms with E-state index in [0.717, 1.165) is 24.8 Å². The van der Waals surface area contributed by atoms with Crippen LogP contribution in [0.5, 0.6) is 0 Å². The second-order valence-electron chi connectivity index (χ2n) is 6.73. The van der Waals surface area contributed by atoms with E-state index in [-0.39, 0.29) is 11.9 Å². The lowest BCUT2D eigenvalue weighted by Gasteiger charge is -2.26. The van der Waals surface area contributed by atoms with Gasteiger partial charge in [0.05, 0.1) is 6.04 Å². The smallest absolute Gasteiger partial charge is 0.227 e. The van der Waals surface area contributed by atoms with Crippen LogP contribution in [0.3, 0.4) is 0 Å². The van der Waals surface area contributed by atoms with Crippen molar-refractivity contribution >= 4 is 17.5 Å². The Balaban J connectivity index is 1.34. The van der Waals surface area contributed by atoms with Gasteiger partial charge in [0.2, 0.25) is 17.6 Å². The van der Waals surface area contributed by atoms with Crippen molar-refractivity contribution in [3.8, 4) is 11.4 Å². The molecule has 0 saturated carbocycles. The number of nitrogens with zero attached hydrogens (tertiary/aromatic N) is 2. The van der Waals surface area contributed by atoms with Crippen molar-refractivity contribution < 1.29 is 9.32 Å². The average molecular weight is 382 g/mol. The van der Waals surface area contributed by atoms with E-state index in [1.165, 1.54) is 11.1 Å². The van der Waals surface area contributed by atoms with Crippen LogP contribution in [0.4, 0.5) is 0 Å². The minimum atomic E-state index is 0.00273. The van der Waals surface area contributed by atoms with Crippen molar-refractivity contribution in [2.45, 2.75) is 38.1 Å². The molecule has 138 valence electrons. The summed E-state index contributed by atoms with van der Waals surface area (Å²) in [5, 5.41) is 7.78. The van der Waals surface area contributed by atoms with Gasteiger partial charge in [0.15, 0.2) is 0 Å². The van der Waals surface area contributed by atoms with Crippen LogP contribution in [0.1, 0.15) is 42.3 Å². The van der Waals surface area contributed by atoms with Gasteiger partial charge in [0.1, 0.15) is 0 Å². The molecular weight excluding hydrogens is 362 g/mol. The molecule has 1 aliphatic rings. The summed E-state index contributed by atoms with van der Waals surface area (Å²) in [5.41, 5.74) is 3.40. The van der Waals surface area contributed by atoms with Crippen LogP contribution in [-0.4, -0.2) is 16.0 Å². The topological polar surface area (TPSA) is 68.0 Å². The second kappa shape index (κ2) is 7.92. The molecule has 4 rings (SSSR count). The van der Waals surface area contributed by atoms with Crippen molar-refractivity contribution in [2.24, 2.45) is 0 Å². The number of amides is 1. The number of aryl methyl sites for hydroxylation is 2. The molecule has 0 aliphatic heterocycles. The fraction of sp³-hybridized carbons (Fsp3) is 0.286. The molecule has 6 heteroatoms. The minimum Gasteiger partial charge on any atom is -0.349 e. The Labute approximate surface area is 162 Å². The molecule has 2 aromatic carbocycles. The lowest BCUT2D eigenvalue weighted by Crippen LogP contribution is -2.31. The first-order chi connectivity index (χ1) is 13.2. The highest BCUT2D eigenvalue weighted by Gasteiger charge is 2.21. The van der Waals surface area contributed by atoms with Crippen molar-refractivity contribution in [3.05, 3.63) is 70.6 Å². The first kappa shape index (κ1) is 17.7. The predicted octanol–water partition coefficient (Wildman–Crippen LogP) is 4.52. The van der Waals surface area contributed by atoms with E-state index in [9.17, 15) is 4.79 Å². The SMILES string of the molecule is O=C(CCc1nc(-c2ccc(Cl)cc2)no1)NC1CCCc2ccccc21. The van der Waals surface area contributed by atoms with Crippen LogP contribution in [0.2, 0.25) is 5.02 Å². The number of carbonyl (C=O) groups is 1. The molecule has 0 fully saturated rings. The predicted molar refractivity (Wildman–Crippen MR) is 103 cm³/mol. The van der Waals surface area contributed by atoms with E-state index in [1.54, 1.807) is 12.1 Å². The molecule has 0 spiro atoms. The summed E-state index contributed by atoms with van der Waals surface area (Å²) >= 11 is 5.89. The molecule has 5 nitrogen and oxygen atoms in total. The maximum atomic E-state index is 12.4. The summed E-state index contributed by atoms with van der Waals surface area (Å²) < 4.78 is 5.27. The normalized spacial score (nSPS) is 16.0. The van der Waals surface area contributed by atoms with Gasteiger partial charge < -0.3 is 9.84 Å². The van der Waals surface area contributed by atoms with E-state index in [1.807, 2.05) is 18.2 Å². The fourth-order valence-electron chi connectivity index (χ4n) is 3.46. The Hall–Kier alpha value is -2.66. The summed E-state index contributed by atoms with van der Waals surface area (Å²) in [4.78, 5) is 16.8. The van der Waals surface area contributed by atoms with E-state index in [0.29, 0.717) is 29.6 Å². The number of halogens is 1. The standard InChI is InChI=1S/C21H20ClN3O2/c22-16-10-8-15(9-11-16)21-24-20(27-25-21)13-12-19(26)23-18-7-3-5-14-4-1-2-6-17(14)18/h1-2,4,6,8-11,18H,3,5,7,12-13H2,(H,23,26). The largest absolute Gasteiger partial charge is 0.349 e. The number of nitrogens with one attached hydrogen (secondary N) is 1. The Morgan fingerprint density at radius 1 is 1.19 bits per heavy atom. The highest BCUT2D eigenvalue weighted by atomic mass is 35.5. The van der Waals surface area contributed by atoms with Gasteiger partial charge in [-0.2, -0.15) is 4.98 Å². The van der Waals surface area contributed by atoms with Gasteiger partial charge in [-0.1, -0.05) is 41.0 Å². The molecule has 1 unspecified atom stereocenters. The van der Waals surface area contributed by atoms with E-state index < -0.39 is 0 Å². The Kier molecular flexibility index (Phi) is 5.21. The summed E-state index contributed by atoms with van der Waals surface area (Å²) in [7, 11) is 0. The van der Waals surface area contributed by atoms with Crippen LogP contribution >= 0.6 is 11.6 Å². The Morgan fingerprint density at radius 2 is 2.00 bits per heavy atom. The van der Waals surface area contributed by atoms with Crippen LogP contribution in [0.25, 0.3) is 11.4 Å². The zero-order valence-electron chi connectivity index (χ0n) is 14.8. The van der Waals surface area contributed by atoms with Gasteiger partial charge >= 0.3 is 0 Å². The average Bonchev–Trinajstić information content (AvgIpc) is 3.16. The van der Waals surface area contributed by atoms with Crippen molar-refractivity contribution in [3.63, 3.8) is 0 Å². The molecule has 0 radical (unpaired) electrons.